The van der Waals surface area contributed by atoms with E-state index in [0.29, 0.717) is 29.7 Å². The smallest absolute Gasteiger partial charge is 0.404 e. The molecule has 1 aromatic heterocycles. The van der Waals surface area contributed by atoms with Gasteiger partial charge in [-0.1, -0.05) is 0 Å². The van der Waals surface area contributed by atoms with Gasteiger partial charge in [0.05, 0.1) is 17.8 Å². The van der Waals surface area contributed by atoms with Crippen LogP contribution >= 0.6 is 0 Å². The highest BCUT2D eigenvalue weighted by Crippen LogP contribution is 2.40. The molecule has 1 unspecified atom stereocenters. The van der Waals surface area contributed by atoms with Crippen molar-refractivity contribution in [1.29, 1.82) is 0 Å². The number of aryl methyl sites for hydroxylation is 1. The molecule has 8 heteroatoms. The standard InChI is InChI=1S/C20H25FN4O3/c1-11-18-15(13(8-22)6-17(26)25(18)14-2-3-14)7-16(21)19(11)24-5-4-12(9-24)10-28-20(23)27/h6-7,12,14H,2-5,8-10,22H2,1H3,(H2,23,27). The number of aromatic nitrogens is 1. The predicted octanol–water partition coefficient (Wildman–Crippen LogP) is 2.16. The van der Waals surface area contributed by atoms with E-state index in [1.165, 1.54) is 12.1 Å². The molecule has 150 valence electrons. The van der Waals surface area contributed by atoms with E-state index in [1.54, 1.807) is 4.57 Å². The highest BCUT2D eigenvalue weighted by Gasteiger charge is 2.31. The van der Waals surface area contributed by atoms with Gasteiger partial charge in [-0.05, 0) is 43.4 Å². The Hall–Kier alpha value is -2.61. The van der Waals surface area contributed by atoms with E-state index in [2.05, 4.69) is 0 Å². The number of hydrogen-bond donors (Lipinski definition) is 2. The third-order valence-electron chi connectivity index (χ3n) is 5.78. The maximum absolute atomic E-state index is 15.2. The molecule has 1 aromatic carbocycles. The van der Waals surface area contributed by atoms with E-state index >= 15 is 4.39 Å². The van der Waals surface area contributed by atoms with Gasteiger partial charge < -0.3 is 25.7 Å². The van der Waals surface area contributed by atoms with Crippen molar-refractivity contribution in [3.05, 3.63) is 39.4 Å². The van der Waals surface area contributed by atoms with Crippen LogP contribution in [-0.2, 0) is 11.3 Å². The summed E-state index contributed by atoms with van der Waals surface area (Å²) in [5.74, 6) is -0.222. The van der Waals surface area contributed by atoms with Crippen LogP contribution < -0.4 is 21.9 Å². The van der Waals surface area contributed by atoms with E-state index in [9.17, 15) is 9.59 Å². The number of amides is 1. The number of ether oxygens (including phenoxy) is 1. The average molecular weight is 388 g/mol. The second-order valence-corrected chi connectivity index (χ2v) is 7.77. The monoisotopic (exact) mass is 388 g/mol. The van der Waals surface area contributed by atoms with Gasteiger partial charge in [-0.15, -0.1) is 0 Å². The van der Waals surface area contributed by atoms with E-state index < -0.39 is 6.09 Å². The van der Waals surface area contributed by atoms with Crippen LogP contribution in [0.4, 0.5) is 14.9 Å². The molecule has 0 bridgehead atoms. The lowest BCUT2D eigenvalue weighted by atomic mass is 10.0. The van der Waals surface area contributed by atoms with E-state index in [-0.39, 0.29) is 36.5 Å². The number of anilines is 1. The van der Waals surface area contributed by atoms with E-state index in [0.717, 1.165) is 30.3 Å². The predicted molar refractivity (Wildman–Crippen MR) is 105 cm³/mol. The number of nitrogens with two attached hydrogens (primary N) is 2. The number of primary amides is 1. The minimum atomic E-state index is -0.797. The van der Waals surface area contributed by atoms with Crippen molar-refractivity contribution in [2.45, 2.75) is 38.8 Å². The molecular weight excluding hydrogens is 363 g/mol. The molecule has 0 spiro atoms. The van der Waals surface area contributed by atoms with Gasteiger partial charge in [0.1, 0.15) is 5.82 Å². The largest absolute Gasteiger partial charge is 0.449 e. The van der Waals surface area contributed by atoms with Gasteiger partial charge >= 0.3 is 6.09 Å². The molecule has 0 radical (unpaired) electrons. The minimum Gasteiger partial charge on any atom is -0.449 e. The highest BCUT2D eigenvalue weighted by atomic mass is 19.1. The molecule has 1 aliphatic heterocycles. The molecule has 1 saturated heterocycles. The van der Waals surface area contributed by atoms with Gasteiger partial charge in [0.15, 0.2) is 0 Å². The summed E-state index contributed by atoms with van der Waals surface area (Å²) in [7, 11) is 0. The van der Waals surface area contributed by atoms with Crippen LogP contribution in [0, 0.1) is 18.7 Å². The first-order chi connectivity index (χ1) is 13.4. The maximum atomic E-state index is 15.2. The molecule has 2 aliphatic rings. The fourth-order valence-corrected chi connectivity index (χ4v) is 4.34. The lowest BCUT2D eigenvalue weighted by Gasteiger charge is -2.25. The number of rotatable bonds is 5. The Morgan fingerprint density at radius 3 is 2.71 bits per heavy atom. The van der Waals surface area contributed by atoms with Gasteiger partial charge in [0, 0.05) is 43.0 Å². The number of hydrogen-bond acceptors (Lipinski definition) is 5. The molecule has 4 rings (SSSR count). The first-order valence-corrected chi connectivity index (χ1v) is 9.65. The Kier molecular flexibility index (Phi) is 4.74. The minimum absolute atomic E-state index is 0.0785. The fraction of sp³-hybridized carbons (Fsp3) is 0.500. The number of fused-ring (bicyclic) bond motifs is 1. The molecule has 1 saturated carbocycles. The van der Waals surface area contributed by atoms with Crippen molar-refractivity contribution in [3.63, 3.8) is 0 Å². The van der Waals surface area contributed by atoms with Crippen LogP contribution in [0.25, 0.3) is 10.9 Å². The summed E-state index contributed by atoms with van der Waals surface area (Å²) < 4.78 is 21.9. The van der Waals surface area contributed by atoms with Crippen LogP contribution in [0.3, 0.4) is 0 Å². The molecule has 7 nitrogen and oxygen atoms in total. The molecule has 28 heavy (non-hydrogen) atoms. The summed E-state index contributed by atoms with van der Waals surface area (Å²) in [5, 5.41) is 0.709. The van der Waals surface area contributed by atoms with Crippen LogP contribution in [0.5, 0.6) is 0 Å². The van der Waals surface area contributed by atoms with E-state index in [1.807, 2.05) is 11.8 Å². The summed E-state index contributed by atoms with van der Waals surface area (Å²) in [6, 6.07) is 3.21. The molecule has 2 aromatic rings. The Bertz CT molecular complexity index is 999. The average Bonchev–Trinajstić information content (AvgIpc) is 3.38. The second-order valence-electron chi connectivity index (χ2n) is 7.77. The molecule has 2 heterocycles. The summed E-state index contributed by atoms with van der Waals surface area (Å²) in [4.78, 5) is 25.5. The van der Waals surface area contributed by atoms with Gasteiger partial charge in [0.25, 0.3) is 5.56 Å². The lowest BCUT2D eigenvalue weighted by Crippen LogP contribution is -2.26. The van der Waals surface area contributed by atoms with Crippen molar-refractivity contribution in [3.8, 4) is 0 Å². The van der Waals surface area contributed by atoms with Crippen molar-refractivity contribution < 1.29 is 13.9 Å². The molecule has 4 N–H and O–H groups in total. The quantitative estimate of drug-likeness (QED) is 0.817. The van der Waals surface area contributed by atoms with Crippen LogP contribution in [0.2, 0.25) is 0 Å². The molecule has 1 amide bonds. The number of carbonyl (C=O) groups excluding carboxylic acids is 1. The topological polar surface area (TPSA) is 104 Å². The summed E-state index contributed by atoms with van der Waals surface area (Å²) in [6.07, 6.45) is 1.90. The van der Waals surface area contributed by atoms with Crippen LogP contribution in [0.1, 0.15) is 36.4 Å². The Morgan fingerprint density at radius 2 is 2.07 bits per heavy atom. The molecule has 1 atom stereocenters. The molecule has 1 aliphatic carbocycles. The van der Waals surface area contributed by atoms with Crippen LogP contribution in [-0.4, -0.2) is 30.4 Å². The van der Waals surface area contributed by atoms with E-state index in [4.69, 9.17) is 16.2 Å². The van der Waals surface area contributed by atoms with Gasteiger partial charge in [-0.3, -0.25) is 4.79 Å². The summed E-state index contributed by atoms with van der Waals surface area (Å²) >= 11 is 0. The fourth-order valence-electron chi connectivity index (χ4n) is 4.34. The first-order valence-electron chi connectivity index (χ1n) is 9.65. The van der Waals surface area contributed by atoms with Crippen molar-refractivity contribution in [2.24, 2.45) is 17.4 Å². The SMILES string of the molecule is Cc1c(N2CCC(COC(N)=O)C2)c(F)cc2c(CN)cc(=O)n(C3CC3)c12. The van der Waals surface area contributed by atoms with Gasteiger partial charge in [-0.25, -0.2) is 9.18 Å². The zero-order valence-corrected chi connectivity index (χ0v) is 15.9. The third kappa shape index (κ3) is 3.22. The number of halogens is 1. The third-order valence-corrected chi connectivity index (χ3v) is 5.78. The summed E-state index contributed by atoms with van der Waals surface area (Å²) in [5.41, 5.74) is 13.5. The van der Waals surface area contributed by atoms with Crippen molar-refractivity contribution in [1.82, 2.24) is 4.57 Å². The second kappa shape index (κ2) is 7.09. The van der Waals surface area contributed by atoms with Gasteiger partial charge in [0.2, 0.25) is 0 Å². The molecular formula is C20H25FN4O3. The lowest BCUT2D eigenvalue weighted by molar-refractivity contribution is 0.140. The Labute approximate surface area is 162 Å². The molecule has 2 fully saturated rings. The summed E-state index contributed by atoms with van der Waals surface area (Å²) in [6.45, 7) is 3.50. The van der Waals surface area contributed by atoms with Crippen molar-refractivity contribution in [2.75, 3.05) is 24.6 Å². The zero-order valence-electron chi connectivity index (χ0n) is 15.9. The zero-order chi connectivity index (χ0) is 20.0. The normalized spacial score (nSPS) is 19.4. The van der Waals surface area contributed by atoms with Crippen molar-refractivity contribution >= 4 is 22.7 Å². The number of nitrogens with zero attached hydrogens (tertiary/aromatic N) is 2. The number of pyridine rings is 1. The van der Waals surface area contributed by atoms with Gasteiger partial charge in [-0.2, -0.15) is 0 Å². The highest BCUT2D eigenvalue weighted by molar-refractivity contribution is 5.90. The number of benzene rings is 1. The van der Waals surface area contributed by atoms with Crippen LogP contribution in [0.15, 0.2) is 16.9 Å². The Morgan fingerprint density at radius 1 is 1.32 bits per heavy atom. The maximum Gasteiger partial charge on any atom is 0.404 e. The Balaban J connectivity index is 1.79. The number of carbonyl (C=O) groups is 1. The first kappa shape index (κ1) is 18.7.